The average molecular weight is 629 g/mol. The second kappa shape index (κ2) is 16.3. The van der Waals surface area contributed by atoms with Gasteiger partial charge in [-0.25, -0.2) is 0 Å². The molecule has 5 aromatic rings. The largest absolute Gasteiger partial charge is 0.357 e. The molecule has 8 heteroatoms. The second-order valence-electron chi connectivity index (χ2n) is 12.3. The van der Waals surface area contributed by atoms with Crippen LogP contribution in [0.1, 0.15) is 53.8 Å². The third kappa shape index (κ3) is 8.60. The van der Waals surface area contributed by atoms with E-state index in [9.17, 15) is 0 Å². The van der Waals surface area contributed by atoms with Gasteiger partial charge in [0.15, 0.2) is 0 Å². The van der Waals surface area contributed by atoms with Gasteiger partial charge in [-0.3, -0.25) is 4.90 Å². The number of hydrogen-bond donors (Lipinski definition) is 4. The number of rotatable bonds is 11. The van der Waals surface area contributed by atoms with Crippen LogP contribution in [0.4, 0.5) is 11.9 Å². The molecule has 47 heavy (non-hydrogen) atoms. The van der Waals surface area contributed by atoms with Crippen LogP contribution in [0.3, 0.4) is 0 Å². The SMILES string of the molecule is CNc1nc(CNC2(c3ccccc3)CCC(c3ccccc3)(N(C)C)CC2)nc(NCc2ccccc2)n1.NCc1ccccc1. The molecule has 1 aliphatic carbocycles. The standard InChI is InChI=1S/C32H39N7.C7H9N/c1-33-29-36-28(37-30(38-29)34-23-25-13-7-4-8-14-25)24-35-31(26-15-9-5-10-16-26)19-21-32(22-20-31,39(2)3)27-17-11-6-12-18-27;8-6-7-4-2-1-3-5-7/h4-18,35H,19-24H2,1-3H3,(H2,33,34,36,37,38);1-5H,6,8H2. The van der Waals surface area contributed by atoms with Crippen molar-refractivity contribution in [3.63, 3.8) is 0 Å². The highest BCUT2D eigenvalue weighted by molar-refractivity contribution is 5.36. The Morgan fingerprint density at radius 2 is 1.13 bits per heavy atom. The van der Waals surface area contributed by atoms with Gasteiger partial charge in [0.1, 0.15) is 5.82 Å². The minimum Gasteiger partial charge on any atom is -0.357 e. The number of aromatic nitrogens is 3. The summed E-state index contributed by atoms with van der Waals surface area (Å²) in [4.78, 5) is 16.4. The van der Waals surface area contributed by atoms with Crippen LogP contribution >= 0.6 is 0 Å². The van der Waals surface area contributed by atoms with Gasteiger partial charge in [-0.1, -0.05) is 121 Å². The minimum absolute atomic E-state index is 0.0161. The molecule has 4 aromatic carbocycles. The molecule has 1 saturated carbocycles. The van der Waals surface area contributed by atoms with E-state index in [1.54, 1.807) is 0 Å². The van der Waals surface area contributed by atoms with Crippen LogP contribution in [0.2, 0.25) is 0 Å². The zero-order chi connectivity index (χ0) is 33.0. The summed E-state index contributed by atoms with van der Waals surface area (Å²) in [6.45, 7) is 1.84. The molecule has 0 atom stereocenters. The molecule has 244 valence electrons. The van der Waals surface area contributed by atoms with Gasteiger partial charge in [0.05, 0.1) is 6.54 Å². The molecule has 1 fully saturated rings. The van der Waals surface area contributed by atoms with Gasteiger partial charge < -0.3 is 21.7 Å². The van der Waals surface area contributed by atoms with Gasteiger partial charge in [-0.2, -0.15) is 15.0 Å². The summed E-state index contributed by atoms with van der Waals surface area (Å²) in [5.41, 5.74) is 10.3. The van der Waals surface area contributed by atoms with Gasteiger partial charge in [0.25, 0.3) is 0 Å². The molecular formula is C39H48N8. The highest BCUT2D eigenvalue weighted by atomic mass is 15.2. The molecule has 0 radical (unpaired) electrons. The Labute approximate surface area is 279 Å². The molecule has 0 unspecified atom stereocenters. The maximum Gasteiger partial charge on any atom is 0.228 e. The zero-order valence-corrected chi connectivity index (χ0v) is 27.9. The van der Waals surface area contributed by atoms with Crippen molar-refractivity contribution in [1.29, 1.82) is 0 Å². The smallest absolute Gasteiger partial charge is 0.228 e. The van der Waals surface area contributed by atoms with E-state index < -0.39 is 0 Å². The number of nitrogens with one attached hydrogen (secondary N) is 3. The van der Waals surface area contributed by atoms with Gasteiger partial charge in [-0.05, 0) is 62.0 Å². The molecule has 0 aliphatic heterocycles. The molecule has 0 saturated heterocycles. The quantitative estimate of drug-likeness (QED) is 0.128. The van der Waals surface area contributed by atoms with Crippen LogP contribution in [0, 0.1) is 0 Å². The summed E-state index contributed by atoms with van der Waals surface area (Å²) < 4.78 is 0. The summed E-state index contributed by atoms with van der Waals surface area (Å²) in [5, 5.41) is 10.4. The molecule has 5 N–H and O–H groups in total. The van der Waals surface area contributed by atoms with Gasteiger partial charge in [0.2, 0.25) is 11.9 Å². The number of anilines is 2. The Morgan fingerprint density at radius 1 is 0.617 bits per heavy atom. The Morgan fingerprint density at radius 3 is 1.64 bits per heavy atom. The molecule has 0 spiro atoms. The Bertz CT molecular complexity index is 1620. The summed E-state index contributed by atoms with van der Waals surface area (Å²) >= 11 is 0. The topological polar surface area (TPSA) is 104 Å². The van der Waals surface area contributed by atoms with E-state index in [1.165, 1.54) is 22.3 Å². The third-order valence-electron chi connectivity index (χ3n) is 9.29. The highest BCUT2D eigenvalue weighted by Gasteiger charge is 2.45. The lowest BCUT2D eigenvalue weighted by Crippen LogP contribution is -2.52. The fourth-order valence-electron chi connectivity index (χ4n) is 6.49. The van der Waals surface area contributed by atoms with E-state index in [0.717, 1.165) is 25.7 Å². The first-order chi connectivity index (χ1) is 23.0. The van der Waals surface area contributed by atoms with Crippen LogP contribution in [0.5, 0.6) is 0 Å². The van der Waals surface area contributed by atoms with Crippen molar-refractivity contribution in [2.75, 3.05) is 31.8 Å². The Kier molecular flexibility index (Phi) is 11.7. The first-order valence-electron chi connectivity index (χ1n) is 16.4. The molecule has 0 bridgehead atoms. The minimum atomic E-state index is -0.167. The first kappa shape index (κ1) is 33.7. The van der Waals surface area contributed by atoms with Gasteiger partial charge in [-0.15, -0.1) is 0 Å². The maximum atomic E-state index is 5.35. The normalized spacial score (nSPS) is 19.0. The average Bonchev–Trinajstić information content (AvgIpc) is 3.15. The van der Waals surface area contributed by atoms with Crippen molar-refractivity contribution >= 4 is 11.9 Å². The second-order valence-corrected chi connectivity index (χ2v) is 12.3. The fourth-order valence-corrected chi connectivity index (χ4v) is 6.49. The molecule has 8 nitrogen and oxygen atoms in total. The Balaban J connectivity index is 0.000000474. The van der Waals surface area contributed by atoms with Crippen molar-refractivity contribution in [1.82, 2.24) is 25.2 Å². The van der Waals surface area contributed by atoms with E-state index in [-0.39, 0.29) is 11.1 Å². The summed E-state index contributed by atoms with van der Waals surface area (Å²) in [6, 6.07) is 42.1. The molecule has 1 heterocycles. The Hall–Kier alpha value is -4.63. The third-order valence-corrected chi connectivity index (χ3v) is 9.29. The van der Waals surface area contributed by atoms with Gasteiger partial charge >= 0.3 is 0 Å². The van der Waals surface area contributed by atoms with Crippen molar-refractivity contribution in [3.8, 4) is 0 Å². The summed E-state index contributed by atoms with van der Waals surface area (Å²) in [6.07, 6.45) is 4.11. The molecule has 1 aromatic heterocycles. The van der Waals surface area contributed by atoms with E-state index in [4.69, 9.17) is 10.7 Å². The molecule has 6 rings (SSSR count). The van der Waals surface area contributed by atoms with Crippen LogP contribution in [0.15, 0.2) is 121 Å². The van der Waals surface area contributed by atoms with Gasteiger partial charge in [0, 0.05) is 31.2 Å². The lowest BCUT2D eigenvalue weighted by atomic mass is 9.66. The predicted octanol–water partition coefficient (Wildman–Crippen LogP) is 6.69. The highest BCUT2D eigenvalue weighted by Crippen LogP contribution is 2.48. The number of nitrogens with two attached hydrogens (primary N) is 1. The van der Waals surface area contributed by atoms with Crippen LogP contribution in [-0.2, 0) is 30.7 Å². The number of hydrogen-bond acceptors (Lipinski definition) is 8. The van der Waals surface area contributed by atoms with E-state index >= 15 is 0 Å². The predicted molar refractivity (Wildman–Crippen MR) is 193 cm³/mol. The van der Waals surface area contributed by atoms with E-state index in [2.05, 4.69) is 118 Å². The molecule has 0 amide bonds. The van der Waals surface area contributed by atoms with Crippen LogP contribution < -0.4 is 21.7 Å². The van der Waals surface area contributed by atoms with Crippen molar-refractivity contribution in [2.24, 2.45) is 5.73 Å². The monoisotopic (exact) mass is 628 g/mol. The van der Waals surface area contributed by atoms with E-state index in [0.29, 0.717) is 37.4 Å². The summed E-state index contributed by atoms with van der Waals surface area (Å²) in [7, 11) is 6.26. The van der Waals surface area contributed by atoms with Crippen molar-refractivity contribution in [3.05, 3.63) is 149 Å². The first-order valence-corrected chi connectivity index (χ1v) is 16.4. The number of benzene rings is 4. The number of nitrogens with zero attached hydrogens (tertiary/aromatic N) is 4. The van der Waals surface area contributed by atoms with E-state index in [1.807, 2.05) is 55.6 Å². The lowest BCUT2D eigenvalue weighted by molar-refractivity contribution is 0.0521. The van der Waals surface area contributed by atoms with Crippen molar-refractivity contribution in [2.45, 2.75) is 56.4 Å². The fraction of sp³-hybridized carbons (Fsp3) is 0.308. The van der Waals surface area contributed by atoms with Crippen LogP contribution in [-0.4, -0.2) is 41.0 Å². The maximum absolute atomic E-state index is 5.35. The summed E-state index contributed by atoms with van der Waals surface area (Å²) in [5.74, 6) is 1.85. The molecule has 1 aliphatic rings. The lowest BCUT2D eigenvalue weighted by Gasteiger charge is -2.50. The van der Waals surface area contributed by atoms with Crippen LogP contribution in [0.25, 0.3) is 0 Å². The zero-order valence-electron chi connectivity index (χ0n) is 27.9. The van der Waals surface area contributed by atoms with Crippen molar-refractivity contribution < 1.29 is 0 Å². The molecular weight excluding hydrogens is 580 g/mol.